The molecule has 1 N–H and O–H groups in total. The van der Waals surface area contributed by atoms with Crippen LogP contribution in [0.25, 0.3) is 0 Å². The first-order valence-electron chi connectivity index (χ1n) is 5.99. The highest BCUT2D eigenvalue weighted by Crippen LogP contribution is 2.21. The predicted molar refractivity (Wildman–Crippen MR) is 83.8 cm³/mol. The minimum Gasteiger partial charge on any atom is -0.364 e. The lowest BCUT2D eigenvalue weighted by molar-refractivity contribution is 0.364. The van der Waals surface area contributed by atoms with Crippen LogP contribution in [0.3, 0.4) is 0 Å². The molecule has 0 amide bonds. The summed E-state index contributed by atoms with van der Waals surface area (Å²) < 4.78 is 0. The summed E-state index contributed by atoms with van der Waals surface area (Å²) in [6, 6.07) is 9.84. The number of nitrogens with zero attached hydrogens (tertiary/aromatic N) is 2. The van der Waals surface area contributed by atoms with Gasteiger partial charge in [-0.15, -0.1) is 12.4 Å². The van der Waals surface area contributed by atoms with E-state index >= 15 is 0 Å². The molecule has 0 saturated heterocycles. The lowest BCUT2D eigenvalue weighted by Gasteiger charge is -2.28. The van der Waals surface area contributed by atoms with Gasteiger partial charge in [0.05, 0.1) is 11.6 Å². The van der Waals surface area contributed by atoms with E-state index in [1.165, 1.54) is 5.56 Å². The largest absolute Gasteiger partial charge is 0.364 e. The van der Waals surface area contributed by atoms with Crippen molar-refractivity contribution in [2.75, 3.05) is 13.1 Å². The van der Waals surface area contributed by atoms with Crippen molar-refractivity contribution >= 4 is 29.3 Å². The fraction of sp³-hybridized carbons (Fsp3) is 0.429. The number of halogens is 1. The number of aliphatic imine (C=N–C) groups is 1. The zero-order chi connectivity index (χ0) is 13.0. The highest BCUT2D eigenvalue weighted by molar-refractivity contribution is 8.13. The van der Waals surface area contributed by atoms with Gasteiger partial charge in [0.2, 0.25) is 0 Å². The van der Waals surface area contributed by atoms with Gasteiger partial charge in [-0.3, -0.25) is 4.99 Å². The van der Waals surface area contributed by atoms with E-state index in [9.17, 15) is 0 Å². The third kappa shape index (κ3) is 4.77. The van der Waals surface area contributed by atoms with Gasteiger partial charge in [-0.25, -0.2) is 0 Å². The number of nitrogens with one attached hydrogen (secondary N) is 1. The molecule has 102 valence electrons. The average molecular weight is 296 g/mol. The lowest BCUT2D eigenvalue weighted by atomic mass is 9.93. The first kappa shape index (κ1) is 15.9. The summed E-state index contributed by atoms with van der Waals surface area (Å²) in [6.07, 6.45) is 0. The molecule has 1 aliphatic rings. The van der Waals surface area contributed by atoms with Crippen molar-refractivity contribution in [2.24, 2.45) is 10.4 Å². The fourth-order valence-electron chi connectivity index (χ4n) is 1.64. The van der Waals surface area contributed by atoms with Gasteiger partial charge in [-0.2, -0.15) is 5.26 Å². The van der Waals surface area contributed by atoms with Gasteiger partial charge >= 0.3 is 0 Å². The van der Waals surface area contributed by atoms with Crippen molar-refractivity contribution in [1.29, 1.82) is 5.26 Å². The molecule has 0 radical (unpaired) electrons. The molecule has 0 fully saturated rings. The first-order chi connectivity index (χ1) is 8.59. The summed E-state index contributed by atoms with van der Waals surface area (Å²) in [5.41, 5.74) is 2.19. The molecule has 0 spiro atoms. The van der Waals surface area contributed by atoms with Gasteiger partial charge < -0.3 is 5.32 Å². The third-order valence-electron chi connectivity index (χ3n) is 2.83. The number of benzene rings is 1. The summed E-state index contributed by atoms with van der Waals surface area (Å²) in [4.78, 5) is 4.55. The zero-order valence-electron chi connectivity index (χ0n) is 11.1. The molecule has 5 heteroatoms. The summed E-state index contributed by atoms with van der Waals surface area (Å²) in [6.45, 7) is 6.29. The third-order valence-corrected chi connectivity index (χ3v) is 3.85. The van der Waals surface area contributed by atoms with E-state index in [4.69, 9.17) is 5.26 Å². The van der Waals surface area contributed by atoms with Crippen LogP contribution in [0.5, 0.6) is 0 Å². The maximum absolute atomic E-state index is 8.73. The number of thioether (sulfide) groups is 1. The standard InChI is InChI=1S/C14H17N3S.ClH/c1-14(2)9-16-13(17-10-14)18-8-12-5-3-11(7-15)4-6-12;/h3-6H,8-10H2,1-2H3,(H,16,17);1H. The molecular weight excluding hydrogens is 278 g/mol. The molecule has 0 saturated carbocycles. The Balaban J connectivity index is 0.00000180. The quantitative estimate of drug-likeness (QED) is 0.911. The van der Waals surface area contributed by atoms with Crippen molar-refractivity contribution in [3.63, 3.8) is 0 Å². The van der Waals surface area contributed by atoms with Crippen LogP contribution in [-0.4, -0.2) is 18.3 Å². The topological polar surface area (TPSA) is 48.2 Å². The highest BCUT2D eigenvalue weighted by Gasteiger charge is 2.22. The van der Waals surface area contributed by atoms with Crippen molar-refractivity contribution in [2.45, 2.75) is 19.6 Å². The summed E-state index contributed by atoms with van der Waals surface area (Å²) >= 11 is 1.72. The molecule has 3 nitrogen and oxygen atoms in total. The Morgan fingerprint density at radius 3 is 2.58 bits per heavy atom. The molecule has 1 aromatic carbocycles. The predicted octanol–water partition coefficient (Wildman–Crippen LogP) is 3.20. The van der Waals surface area contributed by atoms with Crippen molar-refractivity contribution in [3.8, 4) is 6.07 Å². The second-order valence-electron chi connectivity index (χ2n) is 5.24. The van der Waals surface area contributed by atoms with Crippen molar-refractivity contribution in [3.05, 3.63) is 35.4 Å². The van der Waals surface area contributed by atoms with E-state index in [2.05, 4.69) is 30.2 Å². The summed E-state index contributed by atoms with van der Waals surface area (Å²) in [5, 5.41) is 13.1. The Hall–Kier alpha value is -1.18. The molecule has 1 aliphatic heterocycles. The molecule has 1 aromatic rings. The smallest absolute Gasteiger partial charge is 0.156 e. The fourth-order valence-corrected chi connectivity index (χ4v) is 2.46. The Labute approximate surface area is 124 Å². The number of amidine groups is 1. The minimum atomic E-state index is 0. The highest BCUT2D eigenvalue weighted by atomic mass is 35.5. The van der Waals surface area contributed by atoms with Crippen LogP contribution in [0, 0.1) is 16.7 Å². The van der Waals surface area contributed by atoms with Crippen LogP contribution in [0.2, 0.25) is 0 Å². The van der Waals surface area contributed by atoms with Crippen LogP contribution >= 0.6 is 24.2 Å². The average Bonchev–Trinajstić information content (AvgIpc) is 2.38. The monoisotopic (exact) mass is 295 g/mol. The maximum atomic E-state index is 8.73. The number of rotatable bonds is 2. The Morgan fingerprint density at radius 1 is 1.37 bits per heavy atom. The van der Waals surface area contributed by atoms with Crippen LogP contribution in [-0.2, 0) is 5.75 Å². The van der Waals surface area contributed by atoms with Crippen LogP contribution in [0.15, 0.2) is 29.3 Å². The molecule has 0 unspecified atom stereocenters. The van der Waals surface area contributed by atoms with Crippen LogP contribution < -0.4 is 5.32 Å². The first-order valence-corrected chi connectivity index (χ1v) is 6.98. The van der Waals surface area contributed by atoms with Crippen LogP contribution in [0.1, 0.15) is 25.0 Å². The van der Waals surface area contributed by atoms with Gasteiger partial charge in [0.25, 0.3) is 0 Å². The molecule has 0 atom stereocenters. The Bertz CT molecular complexity index is 488. The van der Waals surface area contributed by atoms with Gasteiger partial charge in [0.15, 0.2) is 5.17 Å². The molecule has 0 bridgehead atoms. The lowest BCUT2D eigenvalue weighted by Crippen LogP contribution is -2.39. The molecule has 2 rings (SSSR count). The van der Waals surface area contributed by atoms with E-state index in [1.54, 1.807) is 11.8 Å². The SMILES string of the molecule is CC1(C)CN=C(SCc2ccc(C#N)cc2)NC1.Cl. The number of hydrogen-bond acceptors (Lipinski definition) is 4. The molecule has 0 aromatic heterocycles. The van der Waals surface area contributed by atoms with E-state index in [0.29, 0.717) is 5.56 Å². The van der Waals surface area contributed by atoms with Gasteiger partial charge in [0, 0.05) is 24.3 Å². The second kappa shape index (κ2) is 6.83. The summed E-state index contributed by atoms with van der Waals surface area (Å²) in [5.74, 6) is 0.887. The minimum absolute atomic E-state index is 0. The van der Waals surface area contributed by atoms with E-state index in [-0.39, 0.29) is 17.8 Å². The molecule has 0 aliphatic carbocycles. The zero-order valence-corrected chi connectivity index (χ0v) is 12.8. The second-order valence-corrected chi connectivity index (χ2v) is 6.20. The van der Waals surface area contributed by atoms with E-state index in [1.807, 2.05) is 24.3 Å². The molecule has 19 heavy (non-hydrogen) atoms. The van der Waals surface area contributed by atoms with Crippen LogP contribution in [0.4, 0.5) is 0 Å². The Kier molecular flexibility index (Phi) is 5.71. The van der Waals surface area contributed by atoms with E-state index < -0.39 is 0 Å². The van der Waals surface area contributed by atoms with Crippen molar-refractivity contribution < 1.29 is 0 Å². The molecule has 1 heterocycles. The number of nitriles is 1. The number of hydrogen-bond donors (Lipinski definition) is 1. The van der Waals surface area contributed by atoms with E-state index in [0.717, 1.165) is 24.0 Å². The Morgan fingerprint density at radius 2 is 2.05 bits per heavy atom. The van der Waals surface area contributed by atoms with Gasteiger partial charge in [-0.1, -0.05) is 37.7 Å². The van der Waals surface area contributed by atoms with Gasteiger partial charge in [0.1, 0.15) is 0 Å². The summed E-state index contributed by atoms with van der Waals surface area (Å²) in [7, 11) is 0. The van der Waals surface area contributed by atoms with Crippen molar-refractivity contribution in [1.82, 2.24) is 5.32 Å². The molecular formula is C14H18ClN3S. The van der Waals surface area contributed by atoms with Gasteiger partial charge in [-0.05, 0) is 17.7 Å². The maximum Gasteiger partial charge on any atom is 0.156 e. The normalized spacial score (nSPS) is 16.6.